The van der Waals surface area contributed by atoms with E-state index in [2.05, 4.69) is 34.5 Å². The minimum atomic E-state index is -2.01. The van der Waals surface area contributed by atoms with E-state index in [9.17, 15) is 39.9 Å². The molecule has 0 spiro atoms. The number of aliphatic hydroxyl groups excluding tert-OH is 4. The molecular formula is C56H75IN2O21S4. The predicted octanol–water partition coefficient (Wildman–Crippen LogP) is 3.45. The molecule has 0 amide bonds. The Hall–Kier alpha value is -2.74. The Labute approximate surface area is 518 Å². The summed E-state index contributed by atoms with van der Waals surface area (Å²) in [5, 5.41) is 60.2. The van der Waals surface area contributed by atoms with E-state index in [-0.39, 0.29) is 71.1 Å². The van der Waals surface area contributed by atoms with Crippen LogP contribution in [0.3, 0.4) is 0 Å². The van der Waals surface area contributed by atoms with Crippen LogP contribution in [0.2, 0.25) is 0 Å². The maximum absolute atomic E-state index is 14.4. The molecule has 7 N–H and O–H groups in total. The van der Waals surface area contributed by atoms with Crippen molar-refractivity contribution in [3.63, 3.8) is 0 Å². The van der Waals surface area contributed by atoms with Crippen LogP contribution < -0.4 is 25.0 Å². The Morgan fingerprint density at radius 3 is 2.27 bits per heavy atom. The van der Waals surface area contributed by atoms with Crippen molar-refractivity contribution in [3.8, 4) is 40.9 Å². The van der Waals surface area contributed by atoms with Crippen molar-refractivity contribution < 1.29 is 102 Å². The Morgan fingerprint density at radius 2 is 1.61 bits per heavy atom. The molecule has 0 unspecified atom stereocenters. The molecule has 6 aliphatic rings. The quantitative estimate of drug-likeness (QED) is 0.0206. The zero-order valence-electron chi connectivity index (χ0n) is 48.4. The first-order chi connectivity index (χ1) is 40.2. The van der Waals surface area contributed by atoms with E-state index >= 15 is 0 Å². The van der Waals surface area contributed by atoms with E-state index in [1.165, 1.54) is 72.0 Å². The number of benzene rings is 1. The number of carbonyl (C=O) groups excluding carboxylic acids is 3. The van der Waals surface area contributed by atoms with Crippen molar-refractivity contribution in [2.24, 2.45) is 0 Å². The molecule has 0 aromatic heterocycles. The van der Waals surface area contributed by atoms with E-state index < -0.39 is 133 Å². The third-order valence-electron chi connectivity index (χ3n) is 15.0. The molecule has 28 heteroatoms. The lowest BCUT2D eigenvalue weighted by Gasteiger charge is -2.46. The molecule has 2 aliphatic carbocycles. The van der Waals surface area contributed by atoms with Crippen LogP contribution in [0.25, 0.3) is 0 Å². The van der Waals surface area contributed by atoms with Crippen molar-refractivity contribution in [3.05, 3.63) is 49.6 Å². The molecule has 4 heterocycles. The molecule has 1 aromatic carbocycles. The lowest BCUT2D eigenvalue weighted by Crippen LogP contribution is -2.65. The first-order valence-corrected chi connectivity index (χ1v) is 33.1. The third-order valence-corrected chi connectivity index (χ3v) is 21.4. The summed E-state index contributed by atoms with van der Waals surface area (Å²) in [6.45, 7) is 9.45. The van der Waals surface area contributed by atoms with E-state index in [1.807, 2.05) is 35.8 Å². The molecule has 19 atom stereocenters. The second-order valence-electron chi connectivity index (χ2n) is 20.3. The number of hydrogen-bond donors (Lipinski definition) is 7. The van der Waals surface area contributed by atoms with Gasteiger partial charge in [-0.05, 0) is 90.6 Å². The normalized spacial score (nSPS) is 36.0. The van der Waals surface area contributed by atoms with Gasteiger partial charge < -0.3 is 87.7 Å². The monoisotopic (exact) mass is 1370 g/mol. The molecule has 0 radical (unpaired) electrons. The highest BCUT2D eigenvalue weighted by Crippen LogP contribution is 2.49. The number of thioether (sulfide) groups is 1. The van der Waals surface area contributed by atoms with Gasteiger partial charge in [0.1, 0.15) is 36.6 Å². The van der Waals surface area contributed by atoms with Crippen LogP contribution in [0, 0.1) is 34.2 Å². The largest absolute Gasteiger partial charge is 0.492 e. The zero-order valence-corrected chi connectivity index (χ0v) is 53.8. The second kappa shape index (κ2) is 31.6. The van der Waals surface area contributed by atoms with Gasteiger partial charge in [-0.25, -0.2) is 0 Å². The lowest BCUT2D eigenvalue weighted by atomic mass is 9.72. The number of hydrogen-bond acceptors (Lipinski definition) is 27. The smallest absolute Gasteiger partial charge is 0.310 e. The molecule has 0 saturated carbocycles. The zero-order chi connectivity index (χ0) is 61.2. The maximum atomic E-state index is 14.4. The van der Waals surface area contributed by atoms with Gasteiger partial charge in [0.15, 0.2) is 41.8 Å². The summed E-state index contributed by atoms with van der Waals surface area (Å²) < 4.78 is 72.7. The minimum absolute atomic E-state index is 0.000752. The predicted molar refractivity (Wildman–Crippen MR) is 321 cm³/mol. The number of esters is 1. The van der Waals surface area contributed by atoms with Gasteiger partial charge in [0, 0.05) is 49.5 Å². The Balaban J connectivity index is 1.12. The van der Waals surface area contributed by atoms with Crippen molar-refractivity contribution in [1.29, 1.82) is 0 Å². The Bertz CT molecular complexity index is 2710. The number of Topliss-reactive ketones (excluding diaryl/α,β-unsaturated/α-hetero) is 1. The van der Waals surface area contributed by atoms with Gasteiger partial charge in [-0.2, -0.15) is 5.48 Å². The summed E-state index contributed by atoms with van der Waals surface area (Å²) >= 11 is 2.83. The molecule has 1 aromatic rings. The SMILES string of the molecule is CCN[C@H]1CO[C@@H](O[C@H]2[C@H](O[C@H]3C#C/C=C\C#C[C@]4(O)CC(=O)C(CC(=O)OC)=C3/C4=C\CSSSC)O[C@H](C)[C@@H](NO[C@H]3C[C@H](O)[C@H](SC(=O)c4c(C)c(I)c(O[C@@H]5O[C@@H](C)[C@H](O)[C@@H](OC)[C@H]5O)c(OC)c4OC)[C@@H](C)O3)[C@@H]2O)C[C@@H]1OC. The van der Waals surface area contributed by atoms with Crippen molar-refractivity contribution in [2.45, 2.75) is 176 Å². The van der Waals surface area contributed by atoms with Crippen molar-refractivity contribution >= 4 is 82.6 Å². The number of likely N-dealkylation sites (N-methyl/N-ethyl adjacent to an activating group) is 1. The third kappa shape index (κ3) is 15.8. The fourth-order valence-corrected chi connectivity index (χ4v) is 14.9. The molecule has 4 fully saturated rings. The summed E-state index contributed by atoms with van der Waals surface area (Å²) in [7, 11) is 11.4. The number of ketones is 1. The molecule has 23 nitrogen and oxygen atoms in total. The van der Waals surface area contributed by atoms with E-state index in [0.717, 1.165) is 11.8 Å². The van der Waals surface area contributed by atoms with Crippen LogP contribution >= 0.6 is 65.8 Å². The van der Waals surface area contributed by atoms with Gasteiger partial charge in [-0.15, -0.1) is 0 Å². The topological polar surface area (TPSA) is 296 Å². The number of allylic oxidation sites excluding steroid dienone is 2. The first-order valence-electron chi connectivity index (χ1n) is 27.1. The number of methoxy groups -OCH3 is 5. The lowest BCUT2D eigenvalue weighted by molar-refractivity contribution is -0.336. The number of hydroxylamine groups is 1. The summed E-state index contributed by atoms with van der Waals surface area (Å²) in [5.41, 5.74) is 1.78. The fourth-order valence-electron chi connectivity index (χ4n) is 10.7. The van der Waals surface area contributed by atoms with Crippen LogP contribution in [0.1, 0.15) is 69.3 Å². The molecule has 84 heavy (non-hydrogen) atoms. The Kier molecular flexibility index (Phi) is 25.9. The summed E-state index contributed by atoms with van der Waals surface area (Å²) in [4.78, 5) is 47.7. The molecule has 4 saturated heterocycles. The molecule has 7 rings (SSSR count). The van der Waals surface area contributed by atoms with Gasteiger partial charge in [0.05, 0.1) is 97.8 Å². The highest BCUT2D eigenvalue weighted by Gasteiger charge is 2.52. The van der Waals surface area contributed by atoms with E-state index in [0.29, 0.717) is 21.4 Å². The molecule has 4 aliphatic heterocycles. The number of ether oxygens (including phenoxy) is 12. The number of carbonyl (C=O) groups is 3. The van der Waals surface area contributed by atoms with E-state index in [4.69, 9.17) is 61.7 Å². The summed E-state index contributed by atoms with van der Waals surface area (Å²) in [5.74, 6) is 10.9. The maximum Gasteiger partial charge on any atom is 0.310 e. The summed E-state index contributed by atoms with van der Waals surface area (Å²) in [6, 6.07) is -1.25. The van der Waals surface area contributed by atoms with Crippen LogP contribution in [0.4, 0.5) is 0 Å². The summed E-state index contributed by atoms with van der Waals surface area (Å²) in [6.07, 6.45) is -11.0. The highest BCUT2D eigenvalue weighted by molar-refractivity contribution is 14.1. The Morgan fingerprint density at radius 1 is 0.881 bits per heavy atom. The average Bonchev–Trinajstić information content (AvgIpc) is 1.36. The van der Waals surface area contributed by atoms with Crippen LogP contribution in [0.15, 0.2) is 34.9 Å². The minimum Gasteiger partial charge on any atom is -0.492 e. The van der Waals surface area contributed by atoms with Gasteiger partial charge in [-0.3, -0.25) is 19.2 Å². The molecule has 2 bridgehead atoms. The highest BCUT2D eigenvalue weighted by atomic mass is 127. The van der Waals surface area contributed by atoms with Gasteiger partial charge in [0.25, 0.3) is 0 Å². The number of rotatable bonds is 23. The number of nitrogens with one attached hydrogen (secondary N) is 2. The van der Waals surface area contributed by atoms with Crippen LogP contribution in [-0.2, 0) is 57.1 Å². The molecule has 466 valence electrons. The second-order valence-corrected chi connectivity index (χ2v) is 26.9. The van der Waals surface area contributed by atoms with Gasteiger partial charge >= 0.3 is 5.97 Å². The van der Waals surface area contributed by atoms with Crippen LogP contribution in [0.5, 0.6) is 17.2 Å². The van der Waals surface area contributed by atoms with E-state index in [1.54, 1.807) is 40.9 Å². The van der Waals surface area contributed by atoms with Gasteiger partial charge in [0.2, 0.25) is 17.2 Å². The van der Waals surface area contributed by atoms with Gasteiger partial charge in [-0.1, -0.05) is 70.0 Å². The fraction of sp³-hybridized carbons (Fsp3) is 0.661. The number of aliphatic hydroxyl groups is 5. The first kappa shape index (κ1) is 68.7. The van der Waals surface area contributed by atoms with Crippen LogP contribution in [-0.4, -0.2) is 218 Å². The number of fused-ring (bicyclic) bond motifs is 2. The average molecular weight is 1370 g/mol. The molecular weight excluding hydrogens is 1290 g/mol. The van der Waals surface area contributed by atoms with Crippen molar-refractivity contribution in [2.75, 3.05) is 60.7 Å². The van der Waals surface area contributed by atoms with Crippen molar-refractivity contribution in [1.82, 2.24) is 10.8 Å². The number of halogens is 1. The standard InChI is InChI=1S/C56H75IN2O21S4/c1-12-58-32-25-73-38(23-36(32)68-6)78-50-45(64)43(27(3)75-55(50)77-35-17-15-13-14-16-19-56(67)24-34(61)30(21-37(62)69-7)41(35)31(56)18-20-82-84-81-11)59-80-39-22-33(60)52(29(5)74-39)83-53(66)40-26(2)42(57)48(51(72-10)47(40)70-8)79-54-46(65)49(71-9)44(63)28(4)76-54/h13-14,18,27-29,32-33,35-36,38-39,43-46,49-50,52,54-55,58-60,63-65,67H,12,20-25H2,1-11H3/b14-13-,31-18+/t27-,28+,29-,32+,33+,35+,36+,38+,39+,43-,44+,45+,46-,49-,50-,52-,54+,55+,56+/m1/s1.